The number of anilines is 2. The number of phenols is 2. The van der Waals surface area contributed by atoms with Crippen molar-refractivity contribution >= 4 is 28.8 Å². The molecular weight excluding hydrogens is 394 g/mol. The molecule has 3 aromatic carbocycles. The molecule has 1 heterocycles. The van der Waals surface area contributed by atoms with E-state index in [0.29, 0.717) is 5.57 Å². The number of aryl methyl sites for hydroxylation is 2. The molecule has 4 N–H and O–H groups in total. The van der Waals surface area contributed by atoms with Gasteiger partial charge in [0.2, 0.25) is 0 Å². The summed E-state index contributed by atoms with van der Waals surface area (Å²) < 4.78 is 0. The molecule has 0 saturated heterocycles. The summed E-state index contributed by atoms with van der Waals surface area (Å²) in [6, 6.07) is 17.1. The molecule has 7 nitrogen and oxygen atoms in total. The fourth-order valence-corrected chi connectivity index (χ4v) is 3.67. The lowest BCUT2D eigenvalue weighted by atomic mass is 10.1. The fraction of sp³-hybridized carbons (Fsp3) is 0.0833. The highest BCUT2D eigenvalue weighted by Gasteiger charge is 2.33. The van der Waals surface area contributed by atoms with Crippen molar-refractivity contribution in [3.63, 3.8) is 0 Å². The van der Waals surface area contributed by atoms with E-state index in [1.165, 1.54) is 18.3 Å². The van der Waals surface area contributed by atoms with Gasteiger partial charge in [-0.15, -0.1) is 0 Å². The van der Waals surface area contributed by atoms with E-state index in [4.69, 9.17) is 0 Å². The number of para-hydroxylation sites is 1. The van der Waals surface area contributed by atoms with Crippen LogP contribution in [0.1, 0.15) is 27.0 Å². The molecule has 0 unspecified atom stereocenters. The minimum atomic E-state index is -0.612. The van der Waals surface area contributed by atoms with Crippen molar-refractivity contribution in [2.24, 2.45) is 0 Å². The Kier molecular flexibility index (Phi) is 5.09. The Morgan fingerprint density at radius 1 is 0.968 bits per heavy atom. The van der Waals surface area contributed by atoms with Gasteiger partial charge in [-0.3, -0.25) is 19.9 Å². The van der Waals surface area contributed by atoms with Crippen molar-refractivity contribution in [2.75, 3.05) is 4.90 Å². The van der Waals surface area contributed by atoms with E-state index in [1.807, 2.05) is 56.3 Å². The van der Waals surface area contributed by atoms with Gasteiger partial charge in [0.1, 0.15) is 11.5 Å². The third-order valence-electron chi connectivity index (χ3n) is 4.96. The third kappa shape index (κ3) is 3.81. The van der Waals surface area contributed by atoms with Crippen molar-refractivity contribution in [1.82, 2.24) is 10.9 Å². The Balaban J connectivity index is 1.61. The average molecular weight is 415 g/mol. The van der Waals surface area contributed by atoms with Crippen molar-refractivity contribution in [3.05, 3.63) is 89.1 Å². The van der Waals surface area contributed by atoms with Gasteiger partial charge in [-0.05, 0) is 55.3 Å². The van der Waals surface area contributed by atoms with Crippen LogP contribution in [0.4, 0.5) is 11.4 Å². The van der Waals surface area contributed by atoms with Crippen LogP contribution in [0.25, 0.3) is 5.57 Å². The number of hydrogen-bond donors (Lipinski definition) is 4. The van der Waals surface area contributed by atoms with Gasteiger partial charge >= 0.3 is 0 Å². The van der Waals surface area contributed by atoms with Crippen LogP contribution in [-0.2, 0) is 4.79 Å². The van der Waals surface area contributed by atoms with Gasteiger partial charge in [0.25, 0.3) is 11.8 Å². The van der Waals surface area contributed by atoms with E-state index in [-0.39, 0.29) is 23.0 Å². The summed E-state index contributed by atoms with van der Waals surface area (Å²) in [5.74, 6) is -1.33. The normalized spacial score (nSPS) is 13.9. The lowest BCUT2D eigenvalue weighted by Gasteiger charge is -2.18. The molecule has 0 aromatic heterocycles. The van der Waals surface area contributed by atoms with Crippen LogP contribution in [0.3, 0.4) is 0 Å². The molecule has 0 bridgehead atoms. The van der Waals surface area contributed by atoms with Gasteiger partial charge in [0.05, 0.1) is 16.8 Å². The summed E-state index contributed by atoms with van der Waals surface area (Å²) in [6.45, 7) is 3.96. The van der Waals surface area contributed by atoms with Gasteiger partial charge in [-0.25, -0.2) is 0 Å². The maximum absolute atomic E-state index is 13.3. The SMILES string of the molecule is Cc1cc(C)cc(N2C(=O)/C(=C\NNC(=O)c3ccc(O)cc3O)c3ccccc32)c1. The molecule has 2 amide bonds. The van der Waals surface area contributed by atoms with Gasteiger partial charge in [-0.2, -0.15) is 0 Å². The van der Waals surface area contributed by atoms with Crippen LogP contribution in [0.15, 0.2) is 66.9 Å². The van der Waals surface area contributed by atoms with Gasteiger partial charge < -0.3 is 15.6 Å². The molecule has 1 aliphatic heterocycles. The van der Waals surface area contributed by atoms with Crippen molar-refractivity contribution in [3.8, 4) is 11.5 Å². The van der Waals surface area contributed by atoms with E-state index in [2.05, 4.69) is 10.9 Å². The van der Waals surface area contributed by atoms with Crippen LogP contribution in [-0.4, -0.2) is 22.0 Å². The van der Waals surface area contributed by atoms with Gasteiger partial charge in [0.15, 0.2) is 0 Å². The van der Waals surface area contributed by atoms with Crippen LogP contribution in [0.5, 0.6) is 11.5 Å². The second-order valence-corrected chi connectivity index (χ2v) is 7.36. The predicted molar refractivity (Wildman–Crippen MR) is 118 cm³/mol. The standard InChI is InChI=1S/C24H21N3O4/c1-14-9-15(2)11-16(10-14)27-21-6-4-3-5-18(21)20(24(27)31)13-25-26-23(30)19-8-7-17(28)12-22(19)29/h3-13,25,28-29H,1-2H3,(H,26,30)/b20-13-. The van der Waals surface area contributed by atoms with E-state index in [1.54, 1.807) is 4.90 Å². The first-order valence-corrected chi connectivity index (χ1v) is 9.65. The topological polar surface area (TPSA) is 102 Å². The number of amides is 2. The highest BCUT2D eigenvalue weighted by atomic mass is 16.3. The Bertz CT molecular complexity index is 1210. The average Bonchev–Trinajstić information content (AvgIpc) is 2.99. The predicted octanol–water partition coefficient (Wildman–Crippen LogP) is 3.67. The first-order valence-electron chi connectivity index (χ1n) is 9.65. The lowest BCUT2D eigenvalue weighted by Crippen LogP contribution is -2.34. The zero-order valence-electron chi connectivity index (χ0n) is 17.0. The molecule has 0 aliphatic carbocycles. The quantitative estimate of drug-likeness (QED) is 0.385. The third-order valence-corrected chi connectivity index (χ3v) is 4.96. The van der Waals surface area contributed by atoms with Gasteiger partial charge in [0, 0.05) is 23.5 Å². The Hall–Kier alpha value is -4.26. The Morgan fingerprint density at radius 3 is 2.39 bits per heavy atom. The Morgan fingerprint density at radius 2 is 1.68 bits per heavy atom. The summed E-state index contributed by atoms with van der Waals surface area (Å²) in [5, 5.41) is 19.2. The number of aromatic hydroxyl groups is 2. The molecule has 31 heavy (non-hydrogen) atoms. The molecule has 3 aromatic rings. The van der Waals surface area contributed by atoms with Crippen molar-refractivity contribution in [1.29, 1.82) is 0 Å². The summed E-state index contributed by atoms with van der Waals surface area (Å²) in [5.41, 5.74) is 9.84. The maximum atomic E-state index is 13.3. The number of nitrogens with zero attached hydrogens (tertiary/aromatic N) is 1. The molecule has 0 fully saturated rings. The van der Waals surface area contributed by atoms with Crippen LogP contribution in [0, 0.1) is 13.8 Å². The van der Waals surface area contributed by atoms with Crippen LogP contribution in [0.2, 0.25) is 0 Å². The fourth-order valence-electron chi connectivity index (χ4n) is 3.67. The highest BCUT2D eigenvalue weighted by Crippen LogP contribution is 2.41. The highest BCUT2D eigenvalue weighted by molar-refractivity contribution is 6.35. The molecular formula is C24H21N3O4. The van der Waals surface area contributed by atoms with Crippen LogP contribution < -0.4 is 15.8 Å². The molecule has 7 heteroatoms. The number of hydrazine groups is 1. The number of carbonyl (C=O) groups is 2. The van der Waals surface area contributed by atoms with E-state index < -0.39 is 5.91 Å². The number of phenolic OH excluding ortho intramolecular Hbond substituents is 2. The summed E-state index contributed by atoms with van der Waals surface area (Å²) in [6.07, 6.45) is 1.43. The summed E-state index contributed by atoms with van der Waals surface area (Å²) >= 11 is 0. The molecule has 0 radical (unpaired) electrons. The number of rotatable bonds is 4. The first kappa shape index (κ1) is 20.0. The zero-order chi connectivity index (χ0) is 22.1. The smallest absolute Gasteiger partial charge is 0.273 e. The molecule has 0 spiro atoms. The second-order valence-electron chi connectivity index (χ2n) is 7.36. The number of hydrogen-bond acceptors (Lipinski definition) is 5. The second kappa shape index (κ2) is 7.87. The lowest BCUT2D eigenvalue weighted by molar-refractivity contribution is -0.112. The number of carbonyl (C=O) groups excluding carboxylic acids is 2. The molecule has 0 saturated carbocycles. The van der Waals surface area contributed by atoms with E-state index in [0.717, 1.165) is 34.1 Å². The number of nitrogens with one attached hydrogen (secondary N) is 2. The first-order chi connectivity index (χ1) is 14.8. The molecule has 1 aliphatic rings. The van der Waals surface area contributed by atoms with E-state index in [9.17, 15) is 19.8 Å². The molecule has 156 valence electrons. The minimum absolute atomic E-state index is 0.0151. The molecule has 0 atom stereocenters. The number of fused-ring (bicyclic) bond motifs is 1. The van der Waals surface area contributed by atoms with Crippen molar-refractivity contribution < 1.29 is 19.8 Å². The zero-order valence-corrected chi connectivity index (χ0v) is 17.0. The Labute approximate surface area is 179 Å². The maximum Gasteiger partial charge on any atom is 0.273 e. The van der Waals surface area contributed by atoms with E-state index >= 15 is 0 Å². The van der Waals surface area contributed by atoms with Gasteiger partial charge in [-0.1, -0.05) is 24.3 Å². The molecule has 4 rings (SSSR count). The minimum Gasteiger partial charge on any atom is -0.508 e. The summed E-state index contributed by atoms with van der Waals surface area (Å²) in [7, 11) is 0. The van der Waals surface area contributed by atoms with Crippen LogP contribution >= 0.6 is 0 Å². The largest absolute Gasteiger partial charge is 0.508 e. The number of benzene rings is 3. The monoisotopic (exact) mass is 415 g/mol. The summed E-state index contributed by atoms with van der Waals surface area (Å²) in [4.78, 5) is 27.2. The van der Waals surface area contributed by atoms with Crippen molar-refractivity contribution in [2.45, 2.75) is 13.8 Å².